The first kappa shape index (κ1) is 18.5. The molecule has 0 radical (unpaired) electrons. The Kier molecular flexibility index (Phi) is 6.04. The van der Waals surface area contributed by atoms with Gasteiger partial charge in [-0.25, -0.2) is 4.39 Å². The number of nitrogen functional groups attached to an aromatic ring is 1. The summed E-state index contributed by atoms with van der Waals surface area (Å²) < 4.78 is 18.7. The minimum absolute atomic E-state index is 0.179. The number of nitrogens with two attached hydrogens (primary N) is 1. The Bertz CT molecular complexity index is 572. The average molecular weight is 337 g/mol. The number of esters is 1. The molecule has 0 bridgehead atoms. The van der Waals surface area contributed by atoms with Crippen molar-refractivity contribution in [3.8, 4) is 0 Å². The fourth-order valence-electron chi connectivity index (χ4n) is 2.73. The summed E-state index contributed by atoms with van der Waals surface area (Å²) in [6.45, 7) is 8.44. The van der Waals surface area contributed by atoms with Crippen molar-refractivity contribution in [2.75, 3.05) is 37.3 Å². The first-order valence-corrected chi connectivity index (χ1v) is 8.47. The highest BCUT2D eigenvalue weighted by molar-refractivity contribution is 5.75. The first-order valence-electron chi connectivity index (χ1n) is 8.47. The normalized spacial score (nSPS) is 19.1. The van der Waals surface area contributed by atoms with E-state index in [2.05, 4.69) is 10.2 Å². The van der Waals surface area contributed by atoms with Gasteiger partial charge in [0.1, 0.15) is 12.4 Å². The lowest BCUT2D eigenvalue weighted by atomic mass is 9.97. The number of carbonyl (C=O) groups excluding carboxylic acids is 1. The van der Waals surface area contributed by atoms with Crippen LogP contribution in [0.3, 0.4) is 0 Å². The van der Waals surface area contributed by atoms with Crippen LogP contribution in [0.4, 0.5) is 15.8 Å². The van der Waals surface area contributed by atoms with Crippen molar-refractivity contribution in [2.45, 2.75) is 39.7 Å². The van der Waals surface area contributed by atoms with Gasteiger partial charge in [0.2, 0.25) is 0 Å². The van der Waals surface area contributed by atoms with Gasteiger partial charge in [0.15, 0.2) is 0 Å². The van der Waals surface area contributed by atoms with Crippen LogP contribution in [0.25, 0.3) is 0 Å². The highest BCUT2D eigenvalue weighted by atomic mass is 19.1. The second-order valence-corrected chi connectivity index (χ2v) is 7.40. The number of carbonyl (C=O) groups is 1. The van der Waals surface area contributed by atoms with E-state index in [9.17, 15) is 9.18 Å². The Balaban J connectivity index is 1.81. The maximum absolute atomic E-state index is 13.4. The third-order valence-corrected chi connectivity index (χ3v) is 4.13. The van der Waals surface area contributed by atoms with Crippen LogP contribution < -0.4 is 11.1 Å². The highest BCUT2D eigenvalue weighted by Crippen LogP contribution is 2.23. The number of piperidine rings is 1. The van der Waals surface area contributed by atoms with Crippen LogP contribution in [-0.2, 0) is 9.53 Å². The van der Waals surface area contributed by atoms with Crippen LogP contribution in [-0.4, -0.2) is 43.2 Å². The maximum Gasteiger partial charge on any atom is 0.311 e. The van der Waals surface area contributed by atoms with Gasteiger partial charge in [0, 0.05) is 19.1 Å². The molecule has 0 amide bonds. The van der Waals surface area contributed by atoms with Gasteiger partial charge in [0.05, 0.1) is 16.8 Å². The van der Waals surface area contributed by atoms with Gasteiger partial charge in [-0.15, -0.1) is 0 Å². The van der Waals surface area contributed by atoms with Gasteiger partial charge < -0.3 is 15.8 Å². The molecule has 1 unspecified atom stereocenters. The van der Waals surface area contributed by atoms with E-state index >= 15 is 0 Å². The lowest BCUT2D eigenvalue weighted by molar-refractivity contribution is -0.153. The summed E-state index contributed by atoms with van der Waals surface area (Å²) in [4.78, 5) is 14.0. The van der Waals surface area contributed by atoms with E-state index in [0.29, 0.717) is 24.5 Å². The SMILES string of the molecule is CC(C)(C)C(=O)OCCN1CCCC(Nc2cc(F)ccc2N)C1. The molecule has 1 aliphatic heterocycles. The third kappa shape index (κ3) is 5.37. The largest absolute Gasteiger partial charge is 0.464 e. The fourth-order valence-corrected chi connectivity index (χ4v) is 2.73. The molecular formula is C18H28FN3O2. The van der Waals surface area contributed by atoms with Crippen molar-refractivity contribution < 1.29 is 13.9 Å². The van der Waals surface area contributed by atoms with E-state index in [4.69, 9.17) is 10.5 Å². The molecule has 134 valence electrons. The Hall–Kier alpha value is -1.82. The van der Waals surface area contributed by atoms with Crippen LogP contribution in [0, 0.1) is 11.2 Å². The van der Waals surface area contributed by atoms with Gasteiger partial charge >= 0.3 is 5.97 Å². The zero-order valence-electron chi connectivity index (χ0n) is 14.8. The molecule has 1 atom stereocenters. The lowest BCUT2D eigenvalue weighted by Gasteiger charge is -2.33. The Labute approximate surface area is 143 Å². The molecule has 1 aromatic carbocycles. The topological polar surface area (TPSA) is 67.6 Å². The molecule has 3 N–H and O–H groups in total. The summed E-state index contributed by atoms with van der Waals surface area (Å²) in [5, 5.41) is 3.33. The van der Waals surface area contributed by atoms with Gasteiger partial charge in [-0.1, -0.05) is 0 Å². The molecule has 24 heavy (non-hydrogen) atoms. The van der Waals surface area contributed by atoms with Crippen LogP contribution in [0.1, 0.15) is 33.6 Å². The number of halogens is 1. The van der Waals surface area contributed by atoms with E-state index < -0.39 is 5.41 Å². The van der Waals surface area contributed by atoms with E-state index in [0.717, 1.165) is 25.9 Å². The second-order valence-electron chi connectivity index (χ2n) is 7.40. The monoisotopic (exact) mass is 337 g/mol. The van der Waals surface area contributed by atoms with Gasteiger partial charge in [0.25, 0.3) is 0 Å². The van der Waals surface area contributed by atoms with Gasteiger partial charge in [-0.05, 0) is 58.4 Å². The summed E-state index contributed by atoms with van der Waals surface area (Å²) in [6.07, 6.45) is 2.05. The van der Waals surface area contributed by atoms with Crippen LogP contribution in [0.5, 0.6) is 0 Å². The summed E-state index contributed by atoms with van der Waals surface area (Å²) >= 11 is 0. The predicted octanol–water partition coefficient (Wildman–Crippen LogP) is 2.87. The van der Waals surface area contributed by atoms with E-state index in [1.807, 2.05) is 20.8 Å². The third-order valence-electron chi connectivity index (χ3n) is 4.13. The van der Waals surface area contributed by atoms with Crippen molar-refractivity contribution in [3.63, 3.8) is 0 Å². The van der Waals surface area contributed by atoms with E-state index in [1.54, 1.807) is 6.07 Å². The molecule has 0 saturated carbocycles. The first-order chi connectivity index (χ1) is 11.3. The summed E-state index contributed by atoms with van der Waals surface area (Å²) in [5.41, 5.74) is 6.61. The summed E-state index contributed by atoms with van der Waals surface area (Å²) in [7, 11) is 0. The second kappa shape index (κ2) is 7.83. The Morgan fingerprint density at radius 3 is 2.92 bits per heavy atom. The van der Waals surface area contributed by atoms with Crippen LogP contribution in [0.2, 0.25) is 0 Å². The molecule has 0 spiro atoms. The number of rotatable bonds is 5. The van der Waals surface area contributed by atoms with Crippen molar-refractivity contribution in [1.82, 2.24) is 4.90 Å². The van der Waals surface area contributed by atoms with Crippen LogP contribution in [0.15, 0.2) is 18.2 Å². The zero-order chi connectivity index (χ0) is 17.7. The van der Waals surface area contributed by atoms with E-state index in [-0.39, 0.29) is 17.8 Å². The van der Waals surface area contributed by atoms with E-state index in [1.165, 1.54) is 12.1 Å². The average Bonchev–Trinajstić information content (AvgIpc) is 2.50. The number of anilines is 2. The molecule has 1 aliphatic rings. The van der Waals surface area contributed by atoms with Gasteiger partial charge in [-0.2, -0.15) is 0 Å². The number of hydrogen-bond acceptors (Lipinski definition) is 5. The molecular weight excluding hydrogens is 309 g/mol. The standard InChI is InChI=1S/C18H28FN3O2/c1-18(2,3)17(23)24-10-9-22-8-4-5-14(12-22)21-16-11-13(19)6-7-15(16)20/h6-7,11,14,21H,4-5,8-10,12,20H2,1-3H3. The minimum atomic E-state index is -0.471. The molecule has 1 heterocycles. The lowest BCUT2D eigenvalue weighted by Crippen LogP contribution is -2.43. The summed E-state index contributed by atoms with van der Waals surface area (Å²) in [5.74, 6) is -0.477. The molecule has 1 saturated heterocycles. The number of nitrogens with one attached hydrogen (secondary N) is 1. The molecule has 1 fully saturated rings. The molecule has 0 aliphatic carbocycles. The van der Waals surface area contributed by atoms with Crippen molar-refractivity contribution >= 4 is 17.3 Å². The number of likely N-dealkylation sites (tertiary alicyclic amines) is 1. The Morgan fingerprint density at radius 2 is 2.21 bits per heavy atom. The maximum atomic E-state index is 13.4. The van der Waals surface area contributed by atoms with Crippen molar-refractivity contribution in [3.05, 3.63) is 24.0 Å². The smallest absolute Gasteiger partial charge is 0.311 e. The zero-order valence-corrected chi connectivity index (χ0v) is 14.8. The Morgan fingerprint density at radius 1 is 1.46 bits per heavy atom. The molecule has 5 nitrogen and oxygen atoms in total. The number of benzene rings is 1. The minimum Gasteiger partial charge on any atom is -0.464 e. The molecule has 6 heteroatoms. The number of nitrogens with zero attached hydrogens (tertiary/aromatic N) is 1. The molecule has 0 aromatic heterocycles. The van der Waals surface area contributed by atoms with Crippen LogP contribution >= 0.6 is 0 Å². The number of ether oxygens (including phenoxy) is 1. The fraction of sp³-hybridized carbons (Fsp3) is 0.611. The highest BCUT2D eigenvalue weighted by Gasteiger charge is 2.24. The van der Waals surface area contributed by atoms with Crippen molar-refractivity contribution in [2.24, 2.45) is 5.41 Å². The quantitative estimate of drug-likeness (QED) is 0.639. The number of hydrogen-bond donors (Lipinski definition) is 2. The van der Waals surface area contributed by atoms with Crippen molar-refractivity contribution in [1.29, 1.82) is 0 Å². The predicted molar refractivity (Wildman–Crippen MR) is 94.3 cm³/mol. The molecule has 2 rings (SSSR count). The van der Waals surface area contributed by atoms with Gasteiger partial charge in [-0.3, -0.25) is 9.69 Å². The molecule has 1 aromatic rings. The summed E-state index contributed by atoms with van der Waals surface area (Å²) in [6, 6.07) is 4.57.